The summed E-state index contributed by atoms with van der Waals surface area (Å²) in [5, 5.41) is 10.4. The SMILES string of the molecule is [2H]C([2H])([2H])Oc1ccc(C([2H])([2H])CCC([2H])([2H])C([2H])(O)COc2cccc(C)c2)cc1OC. The van der Waals surface area contributed by atoms with E-state index in [0.29, 0.717) is 5.75 Å². The molecule has 4 nitrogen and oxygen atoms in total. The van der Waals surface area contributed by atoms with Crippen LogP contribution in [-0.4, -0.2) is 31.9 Å². The maximum absolute atomic E-state index is 10.4. The number of aryl methyl sites for hydroxylation is 2. The Hall–Kier alpha value is -2.20. The molecule has 2 aromatic carbocycles. The maximum atomic E-state index is 10.4. The third-order valence-electron chi connectivity index (χ3n) is 3.42. The molecule has 0 aliphatic carbocycles. The van der Waals surface area contributed by atoms with Crippen LogP contribution in [0.1, 0.15) is 41.3 Å². The molecule has 136 valence electrons. The molecular weight excluding hydrogens is 316 g/mol. The summed E-state index contributed by atoms with van der Waals surface area (Å²) in [7, 11) is -1.42. The van der Waals surface area contributed by atoms with Gasteiger partial charge in [0.05, 0.1) is 25.7 Å². The van der Waals surface area contributed by atoms with E-state index in [-0.39, 0.29) is 23.5 Å². The van der Waals surface area contributed by atoms with Gasteiger partial charge in [-0.15, -0.1) is 0 Å². The molecule has 2 rings (SSSR count). The van der Waals surface area contributed by atoms with E-state index in [0.717, 1.165) is 5.56 Å². The summed E-state index contributed by atoms with van der Waals surface area (Å²) in [6, 6.07) is 10.8. The fourth-order valence-electron chi connectivity index (χ4n) is 2.18. The number of hydrogen-bond donors (Lipinski definition) is 1. The zero-order chi connectivity index (χ0) is 25.1. The minimum Gasteiger partial charge on any atom is -0.493 e. The number of rotatable bonds is 10. The largest absolute Gasteiger partial charge is 0.493 e. The highest BCUT2D eigenvalue weighted by Crippen LogP contribution is 2.28. The van der Waals surface area contributed by atoms with Gasteiger partial charge in [0.1, 0.15) is 12.4 Å². The first-order valence-corrected chi connectivity index (χ1v) is 7.86. The summed E-state index contributed by atoms with van der Waals surface area (Å²) in [5.41, 5.74) is 1.01. The molecule has 1 unspecified atom stereocenters. The third-order valence-corrected chi connectivity index (χ3v) is 3.42. The first kappa shape index (κ1) is 10.7. The standard InChI is InChI=1S/C21H28O4/c1-16-7-6-10-19(13-16)25-15-18(22)9-5-4-8-17-11-12-20(23-2)21(14-17)24-3/h6-7,10-14,18,22H,4-5,8-9,15H2,1-3H3/i2D3,8D2,9D2,18D. The van der Waals surface area contributed by atoms with Gasteiger partial charge in [0.25, 0.3) is 0 Å². The average molecular weight is 352 g/mol. The summed E-state index contributed by atoms with van der Waals surface area (Å²) in [6.45, 7) is 1.21. The lowest BCUT2D eigenvalue weighted by molar-refractivity contribution is 0.0976. The van der Waals surface area contributed by atoms with Crippen LogP contribution in [0.2, 0.25) is 0 Å². The van der Waals surface area contributed by atoms with E-state index in [4.69, 9.17) is 25.2 Å². The van der Waals surface area contributed by atoms with Crippen molar-refractivity contribution in [1.82, 2.24) is 0 Å². The van der Waals surface area contributed by atoms with Gasteiger partial charge in [0.15, 0.2) is 11.5 Å². The quantitative estimate of drug-likeness (QED) is 0.697. The molecule has 25 heavy (non-hydrogen) atoms. The Morgan fingerprint density at radius 3 is 2.80 bits per heavy atom. The fourth-order valence-corrected chi connectivity index (χ4v) is 2.18. The van der Waals surface area contributed by atoms with E-state index >= 15 is 0 Å². The number of methoxy groups -OCH3 is 2. The summed E-state index contributed by atoms with van der Waals surface area (Å²) >= 11 is 0. The van der Waals surface area contributed by atoms with E-state index in [2.05, 4.69) is 0 Å². The first-order valence-electron chi connectivity index (χ1n) is 11.9. The van der Waals surface area contributed by atoms with Crippen LogP contribution in [0, 0.1) is 6.92 Å². The van der Waals surface area contributed by atoms with Gasteiger partial charge in [0.2, 0.25) is 0 Å². The molecule has 0 saturated heterocycles. The van der Waals surface area contributed by atoms with Crippen LogP contribution >= 0.6 is 0 Å². The van der Waals surface area contributed by atoms with Crippen LogP contribution in [0.5, 0.6) is 17.2 Å². The Labute approximate surface area is 161 Å². The molecule has 0 aliphatic heterocycles. The van der Waals surface area contributed by atoms with Crippen molar-refractivity contribution in [3.63, 3.8) is 0 Å². The van der Waals surface area contributed by atoms with Crippen molar-refractivity contribution in [3.8, 4) is 17.2 Å². The van der Waals surface area contributed by atoms with E-state index in [1.807, 2.05) is 13.0 Å². The van der Waals surface area contributed by atoms with Crippen molar-refractivity contribution >= 4 is 0 Å². The molecular formula is C21H28O4. The molecule has 0 bridgehead atoms. The normalized spacial score (nSPS) is 19.5. The van der Waals surface area contributed by atoms with Crippen LogP contribution in [0.25, 0.3) is 0 Å². The van der Waals surface area contributed by atoms with E-state index in [1.165, 1.54) is 25.3 Å². The van der Waals surface area contributed by atoms with Gasteiger partial charge >= 0.3 is 0 Å². The van der Waals surface area contributed by atoms with Crippen LogP contribution in [0.15, 0.2) is 42.5 Å². The van der Waals surface area contributed by atoms with Gasteiger partial charge in [0, 0.05) is 5.48 Å². The van der Waals surface area contributed by atoms with Gasteiger partial charge in [-0.1, -0.05) is 24.6 Å². The molecule has 0 fully saturated rings. The molecule has 0 amide bonds. The number of ether oxygens (including phenoxy) is 3. The van der Waals surface area contributed by atoms with Crippen molar-refractivity contribution in [2.24, 2.45) is 0 Å². The Balaban J connectivity index is 2.10. The number of hydrogen-bond acceptors (Lipinski definition) is 4. The van der Waals surface area contributed by atoms with Gasteiger partial charge in [-0.3, -0.25) is 0 Å². The Bertz CT molecular complexity index is 944. The molecule has 0 aromatic heterocycles. The minimum atomic E-state index is -2.71. The first-order chi connectivity index (χ1) is 15.1. The van der Waals surface area contributed by atoms with Gasteiger partial charge in [-0.25, -0.2) is 0 Å². The van der Waals surface area contributed by atoms with Gasteiger partial charge in [-0.05, 0) is 61.5 Å². The van der Waals surface area contributed by atoms with Gasteiger partial charge in [-0.2, -0.15) is 0 Å². The monoisotopic (exact) mass is 352 g/mol. The van der Waals surface area contributed by atoms with Crippen LogP contribution in [0.3, 0.4) is 0 Å². The van der Waals surface area contributed by atoms with Crippen LogP contribution < -0.4 is 14.2 Å². The highest BCUT2D eigenvalue weighted by molar-refractivity contribution is 5.42. The minimum absolute atomic E-state index is 0.0130. The lowest BCUT2D eigenvalue weighted by Gasteiger charge is -2.13. The van der Waals surface area contributed by atoms with Crippen molar-refractivity contribution in [3.05, 3.63) is 53.6 Å². The third kappa shape index (κ3) is 6.31. The second-order valence-electron chi connectivity index (χ2n) is 5.37. The smallest absolute Gasteiger partial charge is 0.160 e. The highest BCUT2D eigenvalue weighted by Gasteiger charge is 2.07. The molecule has 0 radical (unpaired) electrons. The molecule has 0 heterocycles. The zero-order valence-electron chi connectivity index (χ0n) is 22.3. The molecule has 1 atom stereocenters. The summed E-state index contributed by atoms with van der Waals surface area (Å²) < 4.78 is 78.0. The topological polar surface area (TPSA) is 47.9 Å². The highest BCUT2D eigenvalue weighted by atomic mass is 16.5. The predicted octanol–water partition coefficient (Wildman–Crippen LogP) is 4.16. The van der Waals surface area contributed by atoms with E-state index in [9.17, 15) is 5.11 Å². The van der Waals surface area contributed by atoms with Crippen molar-refractivity contribution in [1.29, 1.82) is 0 Å². The lowest BCUT2D eigenvalue weighted by atomic mass is 10.0. The summed E-state index contributed by atoms with van der Waals surface area (Å²) in [4.78, 5) is 0. The molecule has 1 N–H and O–H groups in total. The molecule has 0 aliphatic rings. The van der Waals surface area contributed by atoms with Gasteiger partial charge < -0.3 is 19.3 Å². The molecule has 2 aromatic rings. The Morgan fingerprint density at radius 1 is 1.16 bits per heavy atom. The molecule has 0 spiro atoms. The molecule has 0 saturated carbocycles. The lowest BCUT2D eigenvalue weighted by Crippen LogP contribution is -2.17. The van der Waals surface area contributed by atoms with Crippen LogP contribution in [-0.2, 0) is 6.37 Å². The summed E-state index contributed by atoms with van der Waals surface area (Å²) in [5.74, 6) is 0.318. The summed E-state index contributed by atoms with van der Waals surface area (Å²) in [6.07, 6.45) is -8.02. The zero-order valence-corrected chi connectivity index (χ0v) is 14.3. The van der Waals surface area contributed by atoms with Crippen LogP contribution in [0.4, 0.5) is 0 Å². The number of aliphatic hydroxyl groups is 1. The predicted molar refractivity (Wildman–Crippen MR) is 99.8 cm³/mol. The Kier molecular flexibility index (Phi) is 4.26. The van der Waals surface area contributed by atoms with E-state index in [1.54, 1.807) is 18.2 Å². The second kappa shape index (κ2) is 9.94. The van der Waals surface area contributed by atoms with Crippen molar-refractivity contribution in [2.45, 2.75) is 38.6 Å². The second-order valence-corrected chi connectivity index (χ2v) is 5.37. The average Bonchev–Trinajstić information content (AvgIpc) is 2.70. The fraction of sp³-hybridized carbons (Fsp3) is 0.429. The molecule has 4 heteroatoms. The van der Waals surface area contributed by atoms with Crippen molar-refractivity contribution < 1.29 is 30.3 Å². The Morgan fingerprint density at radius 2 is 2.04 bits per heavy atom. The van der Waals surface area contributed by atoms with E-state index < -0.39 is 38.9 Å². The van der Waals surface area contributed by atoms with Crippen molar-refractivity contribution in [2.75, 3.05) is 20.8 Å². The maximum Gasteiger partial charge on any atom is 0.160 e. The number of benzene rings is 2.